The van der Waals surface area contributed by atoms with Gasteiger partial charge in [0.05, 0.1) is 13.1 Å². The first-order chi connectivity index (χ1) is 9.16. The Morgan fingerprint density at radius 1 is 1.32 bits per heavy atom. The molecule has 3 nitrogen and oxygen atoms in total. The monoisotopic (exact) mass is 261 g/mol. The number of imidazole rings is 1. The van der Waals surface area contributed by atoms with Gasteiger partial charge in [-0.15, -0.1) is 0 Å². The molecule has 2 aromatic rings. The van der Waals surface area contributed by atoms with Gasteiger partial charge in [0, 0.05) is 18.0 Å². The quantitative estimate of drug-likeness (QED) is 0.866. The molecule has 0 bridgehead atoms. The zero-order valence-corrected chi connectivity index (χ0v) is 11.4. The molecule has 1 aromatic heterocycles. The average molecular weight is 261 g/mol. The maximum atomic E-state index is 13.6. The van der Waals surface area contributed by atoms with Crippen molar-refractivity contribution < 1.29 is 4.39 Å². The minimum absolute atomic E-state index is 0.169. The van der Waals surface area contributed by atoms with Crippen LogP contribution in [0.2, 0.25) is 0 Å². The molecule has 2 rings (SSSR count). The van der Waals surface area contributed by atoms with Crippen LogP contribution in [-0.4, -0.2) is 16.1 Å². The van der Waals surface area contributed by atoms with Crippen LogP contribution < -0.4 is 5.32 Å². The Morgan fingerprint density at radius 2 is 2.11 bits per heavy atom. The summed E-state index contributed by atoms with van der Waals surface area (Å²) in [6.45, 7) is 6.51. The van der Waals surface area contributed by atoms with E-state index in [1.807, 2.05) is 16.8 Å². The van der Waals surface area contributed by atoms with Gasteiger partial charge in [-0.3, -0.25) is 0 Å². The van der Waals surface area contributed by atoms with Gasteiger partial charge in [-0.25, -0.2) is 9.37 Å². The first kappa shape index (κ1) is 13.7. The van der Waals surface area contributed by atoms with Gasteiger partial charge in [0.2, 0.25) is 0 Å². The summed E-state index contributed by atoms with van der Waals surface area (Å²) in [6.07, 6.45) is 3.64. The topological polar surface area (TPSA) is 29.9 Å². The van der Waals surface area contributed by atoms with Crippen LogP contribution >= 0.6 is 0 Å². The molecule has 1 N–H and O–H groups in total. The molecule has 0 aliphatic rings. The zero-order chi connectivity index (χ0) is 13.7. The molecule has 0 radical (unpaired) electrons. The van der Waals surface area contributed by atoms with Crippen LogP contribution in [0, 0.1) is 11.7 Å². The normalized spacial score (nSPS) is 11.2. The van der Waals surface area contributed by atoms with Crippen molar-refractivity contribution in [2.75, 3.05) is 6.54 Å². The molecular weight excluding hydrogens is 241 g/mol. The van der Waals surface area contributed by atoms with Crippen LogP contribution in [0.25, 0.3) is 0 Å². The van der Waals surface area contributed by atoms with Gasteiger partial charge in [-0.1, -0.05) is 32.0 Å². The highest BCUT2D eigenvalue weighted by Gasteiger charge is 2.06. The second kappa shape index (κ2) is 6.48. The molecule has 1 aromatic carbocycles. The van der Waals surface area contributed by atoms with Crippen molar-refractivity contribution in [2.45, 2.75) is 26.9 Å². The predicted molar refractivity (Wildman–Crippen MR) is 74.3 cm³/mol. The Labute approximate surface area is 113 Å². The molecule has 19 heavy (non-hydrogen) atoms. The summed E-state index contributed by atoms with van der Waals surface area (Å²) in [5.41, 5.74) is 0.686. The van der Waals surface area contributed by atoms with E-state index in [1.54, 1.807) is 18.3 Å². The molecule has 4 heteroatoms. The van der Waals surface area contributed by atoms with Crippen LogP contribution in [0.1, 0.15) is 25.2 Å². The minimum atomic E-state index is -0.169. The Morgan fingerprint density at radius 3 is 2.84 bits per heavy atom. The van der Waals surface area contributed by atoms with Gasteiger partial charge < -0.3 is 9.88 Å². The van der Waals surface area contributed by atoms with Crippen LogP contribution in [-0.2, 0) is 13.1 Å². The Balaban J connectivity index is 2.01. The highest BCUT2D eigenvalue weighted by molar-refractivity contribution is 5.18. The number of aromatic nitrogens is 2. The average Bonchev–Trinajstić information content (AvgIpc) is 2.79. The van der Waals surface area contributed by atoms with E-state index in [1.165, 1.54) is 6.07 Å². The summed E-state index contributed by atoms with van der Waals surface area (Å²) >= 11 is 0. The predicted octanol–water partition coefficient (Wildman–Crippen LogP) is 2.82. The molecule has 0 saturated heterocycles. The van der Waals surface area contributed by atoms with Gasteiger partial charge in [0.15, 0.2) is 0 Å². The molecule has 0 amide bonds. The molecule has 0 aliphatic carbocycles. The van der Waals surface area contributed by atoms with E-state index >= 15 is 0 Å². The van der Waals surface area contributed by atoms with Crippen molar-refractivity contribution in [2.24, 2.45) is 5.92 Å². The number of rotatable bonds is 6. The van der Waals surface area contributed by atoms with E-state index in [0.717, 1.165) is 12.4 Å². The molecule has 102 valence electrons. The third-order valence-electron chi connectivity index (χ3n) is 2.94. The zero-order valence-electron chi connectivity index (χ0n) is 11.4. The first-order valence-corrected chi connectivity index (χ1v) is 6.61. The fourth-order valence-corrected chi connectivity index (χ4v) is 1.93. The third-order valence-corrected chi connectivity index (χ3v) is 2.94. The molecule has 0 fully saturated rings. The summed E-state index contributed by atoms with van der Waals surface area (Å²) in [4.78, 5) is 4.32. The second-order valence-corrected chi connectivity index (χ2v) is 5.09. The van der Waals surface area contributed by atoms with E-state index in [4.69, 9.17) is 0 Å². The van der Waals surface area contributed by atoms with Crippen molar-refractivity contribution in [3.63, 3.8) is 0 Å². The standard InChI is InChI=1S/C15H20FN3/c1-12(2)9-17-10-15-18-7-8-19(15)11-13-5-3-4-6-14(13)16/h3-8,12,17H,9-11H2,1-2H3. The highest BCUT2D eigenvalue weighted by atomic mass is 19.1. The maximum Gasteiger partial charge on any atom is 0.128 e. The van der Waals surface area contributed by atoms with E-state index in [9.17, 15) is 4.39 Å². The second-order valence-electron chi connectivity index (χ2n) is 5.09. The van der Waals surface area contributed by atoms with Crippen LogP contribution in [0.3, 0.4) is 0 Å². The fourth-order valence-electron chi connectivity index (χ4n) is 1.93. The Bertz CT molecular complexity index is 520. The summed E-state index contributed by atoms with van der Waals surface area (Å²) in [5, 5.41) is 3.35. The van der Waals surface area contributed by atoms with Gasteiger partial charge in [-0.05, 0) is 18.5 Å². The number of nitrogens with one attached hydrogen (secondary N) is 1. The minimum Gasteiger partial charge on any atom is -0.329 e. The van der Waals surface area contributed by atoms with E-state index in [-0.39, 0.29) is 5.82 Å². The van der Waals surface area contributed by atoms with E-state index < -0.39 is 0 Å². The van der Waals surface area contributed by atoms with Crippen molar-refractivity contribution in [3.05, 3.63) is 53.9 Å². The molecule has 0 unspecified atom stereocenters. The molecule has 0 aliphatic heterocycles. The SMILES string of the molecule is CC(C)CNCc1nccn1Cc1ccccc1F. The Kier molecular flexibility index (Phi) is 4.68. The fraction of sp³-hybridized carbons (Fsp3) is 0.400. The van der Waals surface area contributed by atoms with Crippen LogP contribution in [0.5, 0.6) is 0 Å². The van der Waals surface area contributed by atoms with Crippen LogP contribution in [0.15, 0.2) is 36.7 Å². The lowest BCUT2D eigenvalue weighted by Gasteiger charge is -2.10. The first-order valence-electron chi connectivity index (χ1n) is 6.61. The van der Waals surface area contributed by atoms with Gasteiger partial charge in [0.1, 0.15) is 11.6 Å². The van der Waals surface area contributed by atoms with E-state index in [0.29, 0.717) is 24.6 Å². The van der Waals surface area contributed by atoms with Crippen molar-refractivity contribution in [3.8, 4) is 0 Å². The van der Waals surface area contributed by atoms with Gasteiger partial charge >= 0.3 is 0 Å². The number of halogens is 1. The smallest absolute Gasteiger partial charge is 0.128 e. The number of hydrogen-bond donors (Lipinski definition) is 1. The molecule has 1 heterocycles. The number of nitrogens with zero attached hydrogens (tertiary/aromatic N) is 2. The maximum absolute atomic E-state index is 13.6. The van der Waals surface area contributed by atoms with Gasteiger partial charge in [0.25, 0.3) is 0 Å². The lowest BCUT2D eigenvalue weighted by Crippen LogP contribution is -2.21. The Hall–Kier alpha value is -1.68. The lowest BCUT2D eigenvalue weighted by atomic mass is 10.2. The molecule has 0 atom stereocenters. The van der Waals surface area contributed by atoms with Crippen LogP contribution in [0.4, 0.5) is 4.39 Å². The summed E-state index contributed by atoms with van der Waals surface area (Å²) in [6, 6.07) is 6.85. The largest absolute Gasteiger partial charge is 0.329 e. The van der Waals surface area contributed by atoms with E-state index in [2.05, 4.69) is 24.1 Å². The highest BCUT2D eigenvalue weighted by Crippen LogP contribution is 2.10. The number of hydrogen-bond acceptors (Lipinski definition) is 2. The lowest BCUT2D eigenvalue weighted by molar-refractivity contribution is 0.530. The van der Waals surface area contributed by atoms with Crippen molar-refractivity contribution in [1.29, 1.82) is 0 Å². The van der Waals surface area contributed by atoms with Gasteiger partial charge in [-0.2, -0.15) is 0 Å². The summed E-state index contributed by atoms with van der Waals surface area (Å²) in [7, 11) is 0. The summed E-state index contributed by atoms with van der Waals surface area (Å²) < 4.78 is 15.6. The summed E-state index contributed by atoms with van der Waals surface area (Å²) in [5.74, 6) is 1.37. The molecular formula is C15H20FN3. The molecule has 0 spiro atoms. The third kappa shape index (κ3) is 3.89. The van der Waals surface area contributed by atoms with Crippen molar-refractivity contribution in [1.82, 2.24) is 14.9 Å². The molecule has 0 saturated carbocycles. The van der Waals surface area contributed by atoms with Crippen molar-refractivity contribution >= 4 is 0 Å². The number of benzene rings is 1.